The zero-order valence-corrected chi connectivity index (χ0v) is 18.6. The van der Waals surface area contributed by atoms with E-state index in [1.54, 1.807) is 19.1 Å². The third kappa shape index (κ3) is 4.90. The van der Waals surface area contributed by atoms with Crippen LogP contribution in [-0.4, -0.2) is 26.7 Å². The number of nitrogens with one attached hydrogen (secondary N) is 1. The highest BCUT2D eigenvalue weighted by Gasteiger charge is 2.29. The molecule has 0 aromatic heterocycles. The van der Waals surface area contributed by atoms with Crippen LogP contribution < -0.4 is 10.2 Å². The molecule has 0 atom stereocenters. The predicted octanol–water partition coefficient (Wildman–Crippen LogP) is 5.01. The summed E-state index contributed by atoms with van der Waals surface area (Å²) < 4.78 is 29.1. The van der Waals surface area contributed by atoms with Crippen LogP contribution in [-0.2, 0) is 16.4 Å². The number of aryl methyl sites for hydroxylation is 1. The standard InChI is InChI=1S/C23H29N3O3S/c1-4-6-8-18-9-12-20(13-10-18)24-23(27)19-11-14-21-22(16-19)30(28,29)25-17(3)26(21)15-7-5-2/h9-14,16H,4-8,15H2,1-3H3,(H,24,27). The van der Waals surface area contributed by atoms with Gasteiger partial charge in [-0.15, -0.1) is 4.40 Å². The van der Waals surface area contributed by atoms with E-state index in [1.807, 2.05) is 29.2 Å². The number of amides is 1. The van der Waals surface area contributed by atoms with Crippen molar-refractivity contribution in [3.8, 4) is 0 Å². The SMILES string of the molecule is CCCCc1ccc(NC(=O)c2ccc3c(c2)S(=O)(=O)N=C(C)N3CCCC)cc1. The minimum Gasteiger partial charge on any atom is -0.328 e. The number of carbonyl (C=O) groups excluding carboxylic acids is 1. The lowest BCUT2D eigenvalue weighted by Crippen LogP contribution is -2.34. The molecule has 0 aliphatic carbocycles. The lowest BCUT2D eigenvalue weighted by molar-refractivity contribution is 0.102. The number of sulfonamides is 1. The van der Waals surface area contributed by atoms with E-state index in [-0.39, 0.29) is 16.4 Å². The molecule has 1 N–H and O–H groups in total. The monoisotopic (exact) mass is 427 g/mol. The van der Waals surface area contributed by atoms with Gasteiger partial charge in [0.15, 0.2) is 0 Å². The molecule has 0 bridgehead atoms. The maximum Gasteiger partial charge on any atom is 0.286 e. The normalized spacial score (nSPS) is 14.8. The summed E-state index contributed by atoms with van der Waals surface area (Å²) in [6, 6.07) is 12.5. The molecule has 0 fully saturated rings. The van der Waals surface area contributed by atoms with Crippen molar-refractivity contribution in [2.24, 2.45) is 4.40 Å². The Balaban J connectivity index is 1.82. The van der Waals surface area contributed by atoms with Crippen LogP contribution in [0.25, 0.3) is 0 Å². The van der Waals surface area contributed by atoms with Crippen LogP contribution in [0.5, 0.6) is 0 Å². The summed E-state index contributed by atoms with van der Waals surface area (Å²) >= 11 is 0. The molecule has 30 heavy (non-hydrogen) atoms. The van der Waals surface area contributed by atoms with E-state index in [4.69, 9.17) is 0 Å². The fraction of sp³-hybridized carbons (Fsp3) is 0.391. The van der Waals surface area contributed by atoms with Crippen molar-refractivity contribution < 1.29 is 13.2 Å². The lowest BCUT2D eigenvalue weighted by Gasteiger charge is -2.29. The summed E-state index contributed by atoms with van der Waals surface area (Å²) in [6.07, 6.45) is 5.19. The number of hydrogen-bond acceptors (Lipinski definition) is 4. The highest BCUT2D eigenvalue weighted by molar-refractivity contribution is 7.90. The summed E-state index contributed by atoms with van der Waals surface area (Å²) in [6.45, 7) is 6.62. The van der Waals surface area contributed by atoms with Gasteiger partial charge in [0.25, 0.3) is 15.9 Å². The van der Waals surface area contributed by atoms with Gasteiger partial charge in [-0.05, 0) is 62.1 Å². The molecule has 1 aliphatic heterocycles. The van der Waals surface area contributed by atoms with E-state index < -0.39 is 10.0 Å². The molecule has 0 saturated heterocycles. The second-order valence-corrected chi connectivity index (χ2v) is 9.13. The lowest BCUT2D eigenvalue weighted by atomic mass is 10.1. The topological polar surface area (TPSA) is 78.8 Å². The van der Waals surface area contributed by atoms with Gasteiger partial charge in [0, 0.05) is 17.8 Å². The van der Waals surface area contributed by atoms with Crippen molar-refractivity contribution >= 4 is 33.1 Å². The third-order valence-corrected chi connectivity index (χ3v) is 6.59. The molecular weight excluding hydrogens is 398 g/mol. The quantitative estimate of drug-likeness (QED) is 0.642. The van der Waals surface area contributed by atoms with E-state index in [0.29, 0.717) is 23.8 Å². The summed E-state index contributed by atoms with van der Waals surface area (Å²) in [4.78, 5) is 14.7. The number of anilines is 2. The van der Waals surface area contributed by atoms with Crippen LogP contribution in [0.4, 0.5) is 11.4 Å². The fourth-order valence-electron chi connectivity index (χ4n) is 3.47. The van der Waals surface area contributed by atoms with Gasteiger partial charge in [-0.1, -0.05) is 38.8 Å². The number of benzene rings is 2. The third-order valence-electron chi connectivity index (χ3n) is 5.20. The molecule has 6 nitrogen and oxygen atoms in total. The molecule has 2 aromatic carbocycles. The maximum absolute atomic E-state index is 12.7. The van der Waals surface area contributed by atoms with Gasteiger partial charge < -0.3 is 10.2 Å². The predicted molar refractivity (Wildman–Crippen MR) is 122 cm³/mol. The molecule has 1 heterocycles. The van der Waals surface area contributed by atoms with E-state index in [9.17, 15) is 13.2 Å². The van der Waals surface area contributed by atoms with E-state index in [1.165, 1.54) is 11.6 Å². The van der Waals surface area contributed by atoms with Gasteiger partial charge in [0.1, 0.15) is 10.7 Å². The van der Waals surface area contributed by atoms with Crippen molar-refractivity contribution in [2.75, 3.05) is 16.8 Å². The van der Waals surface area contributed by atoms with Gasteiger partial charge in [-0.2, -0.15) is 8.42 Å². The Morgan fingerprint density at radius 2 is 1.73 bits per heavy atom. The first kappa shape index (κ1) is 22.0. The minimum absolute atomic E-state index is 0.0757. The Labute approximate surface area is 179 Å². The molecule has 160 valence electrons. The first-order valence-electron chi connectivity index (χ1n) is 10.5. The number of nitrogens with zero attached hydrogens (tertiary/aromatic N) is 2. The second kappa shape index (κ2) is 9.43. The highest BCUT2D eigenvalue weighted by atomic mass is 32.2. The Hall–Kier alpha value is -2.67. The summed E-state index contributed by atoms with van der Waals surface area (Å²) in [5.41, 5.74) is 2.78. The van der Waals surface area contributed by atoms with E-state index in [0.717, 1.165) is 32.1 Å². The Kier molecular flexibility index (Phi) is 6.92. The molecule has 1 aliphatic rings. The number of carbonyl (C=O) groups is 1. The van der Waals surface area contributed by atoms with Gasteiger partial charge in [0.2, 0.25) is 0 Å². The summed E-state index contributed by atoms with van der Waals surface area (Å²) in [5, 5.41) is 2.85. The highest BCUT2D eigenvalue weighted by Crippen LogP contribution is 2.33. The van der Waals surface area contributed by atoms with Crippen LogP contribution in [0, 0.1) is 0 Å². The minimum atomic E-state index is -3.83. The van der Waals surface area contributed by atoms with Crippen LogP contribution in [0.15, 0.2) is 51.8 Å². The van der Waals surface area contributed by atoms with Crippen LogP contribution in [0.3, 0.4) is 0 Å². The van der Waals surface area contributed by atoms with Crippen molar-refractivity contribution in [1.29, 1.82) is 0 Å². The number of unbranched alkanes of at least 4 members (excludes halogenated alkanes) is 2. The Morgan fingerprint density at radius 1 is 1.03 bits per heavy atom. The van der Waals surface area contributed by atoms with Crippen molar-refractivity contribution in [3.63, 3.8) is 0 Å². The van der Waals surface area contributed by atoms with Gasteiger partial charge >= 0.3 is 0 Å². The van der Waals surface area contributed by atoms with Crippen molar-refractivity contribution in [1.82, 2.24) is 0 Å². The second-order valence-electron chi connectivity index (χ2n) is 7.56. The van der Waals surface area contributed by atoms with Crippen LogP contribution >= 0.6 is 0 Å². The molecule has 0 spiro atoms. The number of amidine groups is 1. The van der Waals surface area contributed by atoms with E-state index >= 15 is 0 Å². The first-order chi connectivity index (χ1) is 14.4. The van der Waals surface area contributed by atoms with Crippen molar-refractivity contribution in [2.45, 2.75) is 57.8 Å². The smallest absolute Gasteiger partial charge is 0.286 e. The molecule has 1 amide bonds. The fourth-order valence-corrected chi connectivity index (χ4v) is 4.73. The Morgan fingerprint density at radius 3 is 2.40 bits per heavy atom. The average molecular weight is 428 g/mol. The first-order valence-corrected chi connectivity index (χ1v) is 11.9. The molecule has 0 unspecified atom stereocenters. The van der Waals surface area contributed by atoms with Gasteiger partial charge in [0.05, 0.1) is 5.69 Å². The maximum atomic E-state index is 12.7. The molecular formula is C23H29N3O3S. The molecule has 7 heteroatoms. The Bertz CT molecular complexity index is 1040. The van der Waals surface area contributed by atoms with Gasteiger partial charge in [-0.3, -0.25) is 4.79 Å². The number of fused-ring (bicyclic) bond motifs is 1. The van der Waals surface area contributed by atoms with Crippen LogP contribution in [0.2, 0.25) is 0 Å². The zero-order chi connectivity index (χ0) is 21.7. The molecule has 2 aromatic rings. The number of hydrogen-bond donors (Lipinski definition) is 1. The summed E-state index contributed by atoms with van der Waals surface area (Å²) in [5.74, 6) is 0.108. The molecule has 0 radical (unpaired) electrons. The zero-order valence-electron chi connectivity index (χ0n) is 17.8. The van der Waals surface area contributed by atoms with Gasteiger partial charge in [-0.25, -0.2) is 0 Å². The molecule has 0 saturated carbocycles. The molecule has 3 rings (SSSR count). The number of rotatable bonds is 8. The summed E-state index contributed by atoms with van der Waals surface area (Å²) in [7, 11) is -3.83. The average Bonchev–Trinajstić information content (AvgIpc) is 2.72. The van der Waals surface area contributed by atoms with Crippen LogP contribution in [0.1, 0.15) is 62.4 Å². The van der Waals surface area contributed by atoms with E-state index in [2.05, 4.69) is 23.6 Å². The largest absolute Gasteiger partial charge is 0.328 e. The van der Waals surface area contributed by atoms with Crippen molar-refractivity contribution in [3.05, 3.63) is 53.6 Å².